The largest absolute Gasteiger partial charge is 0.393 e. The molecule has 0 spiro atoms. The molecule has 1 heterocycles. The van der Waals surface area contributed by atoms with Gasteiger partial charge in [0.25, 0.3) is 0 Å². The molecule has 22 heavy (non-hydrogen) atoms. The minimum atomic E-state index is -0.196. The number of nitrogens with zero attached hydrogens (tertiary/aromatic N) is 3. The zero-order valence-corrected chi connectivity index (χ0v) is 13.7. The van der Waals surface area contributed by atoms with Crippen molar-refractivity contribution in [1.29, 1.82) is 0 Å². The lowest BCUT2D eigenvalue weighted by molar-refractivity contribution is -0.134. The Morgan fingerprint density at radius 1 is 1.27 bits per heavy atom. The molecule has 0 aromatic heterocycles. The molecule has 2 aliphatic rings. The summed E-state index contributed by atoms with van der Waals surface area (Å²) in [7, 11) is 1.98. The molecule has 0 radical (unpaired) electrons. The van der Waals surface area contributed by atoms with Crippen molar-refractivity contribution in [3.63, 3.8) is 0 Å². The van der Waals surface area contributed by atoms with Crippen LogP contribution in [-0.2, 0) is 4.79 Å². The molecule has 2 rings (SSSR count). The Morgan fingerprint density at radius 3 is 2.59 bits per heavy atom. The van der Waals surface area contributed by atoms with Gasteiger partial charge in [-0.25, -0.2) is 0 Å². The van der Waals surface area contributed by atoms with Gasteiger partial charge in [0.05, 0.1) is 19.2 Å². The van der Waals surface area contributed by atoms with Gasteiger partial charge in [-0.3, -0.25) is 14.6 Å². The fourth-order valence-corrected chi connectivity index (χ4v) is 3.48. The van der Waals surface area contributed by atoms with Crippen molar-refractivity contribution in [2.75, 3.05) is 52.9 Å². The van der Waals surface area contributed by atoms with E-state index in [1.165, 1.54) is 6.42 Å². The molecule has 2 atom stereocenters. The average Bonchev–Trinajstić information content (AvgIpc) is 2.50. The van der Waals surface area contributed by atoms with E-state index in [0.717, 1.165) is 52.0 Å². The van der Waals surface area contributed by atoms with E-state index in [1.54, 1.807) is 0 Å². The molecule has 124 valence electrons. The van der Waals surface area contributed by atoms with Gasteiger partial charge < -0.3 is 10.0 Å². The van der Waals surface area contributed by atoms with E-state index in [4.69, 9.17) is 6.42 Å². The summed E-state index contributed by atoms with van der Waals surface area (Å²) in [4.78, 5) is 18.6. The fraction of sp³-hybridized carbons (Fsp3) is 0.824. The summed E-state index contributed by atoms with van der Waals surface area (Å²) >= 11 is 0. The van der Waals surface area contributed by atoms with Gasteiger partial charge in [-0.1, -0.05) is 18.8 Å². The Balaban J connectivity index is 1.71. The molecule has 2 unspecified atom stereocenters. The average molecular weight is 307 g/mol. The molecule has 1 amide bonds. The Morgan fingerprint density at radius 2 is 1.95 bits per heavy atom. The second-order valence-corrected chi connectivity index (χ2v) is 6.67. The van der Waals surface area contributed by atoms with Crippen LogP contribution in [-0.4, -0.2) is 84.7 Å². The standard InChI is InChI=1S/C17H29N3O2/c1-3-8-19-9-11-20(12-10-19)17(22)14-18(2)13-15-6-4-5-7-16(15)21/h1,15-16,21H,4-14H2,2H3. The van der Waals surface area contributed by atoms with Gasteiger partial charge in [-0.05, 0) is 25.8 Å². The van der Waals surface area contributed by atoms with Crippen LogP contribution in [0.25, 0.3) is 0 Å². The molecule has 0 bridgehead atoms. The lowest BCUT2D eigenvalue weighted by Crippen LogP contribution is -2.51. The zero-order valence-electron chi connectivity index (χ0n) is 13.7. The number of aliphatic hydroxyl groups excluding tert-OH is 1. The van der Waals surface area contributed by atoms with Crippen LogP contribution in [0.15, 0.2) is 0 Å². The normalized spacial score (nSPS) is 26.9. The first-order valence-corrected chi connectivity index (χ1v) is 8.40. The molecule has 5 nitrogen and oxygen atoms in total. The maximum absolute atomic E-state index is 12.4. The highest BCUT2D eigenvalue weighted by atomic mass is 16.3. The van der Waals surface area contributed by atoms with Crippen molar-refractivity contribution in [1.82, 2.24) is 14.7 Å². The van der Waals surface area contributed by atoms with Gasteiger partial charge in [0.15, 0.2) is 0 Å². The fourth-order valence-electron chi connectivity index (χ4n) is 3.48. The van der Waals surface area contributed by atoms with E-state index < -0.39 is 0 Å². The van der Waals surface area contributed by atoms with Crippen molar-refractivity contribution in [2.24, 2.45) is 5.92 Å². The quantitative estimate of drug-likeness (QED) is 0.740. The molecular formula is C17H29N3O2. The lowest BCUT2D eigenvalue weighted by atomic mass is 9.86. The highest BCUT2D eigenvalue weighted by Crippen LogP contribution is 2.24. The number of hydrogen-bond donors (Lipinski definition) is 1. The number of rotatable bonds is 5. The predicted molar refractivity (Wildman–Crippen MR) is 87.3 cm³/mol. The van der Waals surface area contributed by atoms with Gasteiger partial charge in [-0.2, -0.15) is 0 Å². The number of carbonyl (C=O) groups excluding carboxylic acids is 1. The lowest BCUT2D eigenvalue weighted by Gasteiger charge is -2.35. The van der Waals surface area contributed by atoms with Gasteiger partial charge in [-0.15, -0.1) is 6.42 Å². The number of piperazine rings is 1. The van der Waals surface area contributed by atoms with Crippen LogP contribution >= 0.6 is 0 Å². The SMILES string of the molecule is C#CCN1CCN(C(=O)CN(C)CC2CCCCC2O)CC1. The Hall–Kier alpha value is -1.09. The first kappa shape index (κ1) is 17.3. The summed E-state index contributed by atoms with van der Waals surface area (Å²) in [6.45, 7) is 5.17. The minimum Gasteiger partial charge on any atom is -0.393 e. The molecule has 1 aliphatic carbocycles. The number of aliphatic hydroxyl groups is 1. The molecule has 1 saturated carbocycles. The summed E-state index contributed by atoms with van der Waals surface area (Å²) in [5, 5.41) is 10.0. The van der Waals surface area contributed by atoms with Crippen LogP contribution in [0.5, 0.6) is 0 Å². The van der Waals surface area contributed by atoms with Crippen molar-refractivity contribution in [3.8, 4) is 12.3 Å². The maximum atomic E-state index is 12.4. The Bertz CT molecular complexity index is 399. The van der Waals surface area contributed by atoms with Crippen LogP contribution in [0.3, 0.4) is 0 Å². The molecule has 1 aliphatic heterocycles. The minimum absolute atomic E-state index is 0.188. The predicted octanol–water partition coefficient (Wildman–Crippen LogP) is 0.247. The zero-order chi connectivity index (χ0) is 15.9. The maximum Gasteiger partial charge on any atom is 0.236 e. The molecule has 1 saturated heterocycles. The molecule has 1 N–H and O–H groups in total. The van der Waals surface area contributed by atoms with E-state index in [2.05, 4.69) is 15.7 Å². The molecular weight excluding hydrogens is 278 g/mol. The Kier molecular flexibility index (Phi) is 6.69. The summed E-state index contributed by atoms with van der Waals surface area (Å²) in [6.07, 6.45) is 9.43. The second-order valence-electron chi connectivity index (χ2n) is 6.67. The van der Waals surface area contributed by atoms with E-state index >= 15 is 0 Å². The number of likely N-dealkylation sites (N-methyl/N-ethyl adjacent to an activating group) is 1. The smallest absolute Gasteiger partial charge is 0.236 e. The van der Waals surface area contributed by atoms with Crippen LogP contribution in [0, 0.1) is 18.3 Å². The highest BCUT2D eigenvalue weighted by molar-refractivity contribution is 5.78. The summed E-state index contributed by atoms with van der Waals surface area (Å²) in [6, 6.07) is 0. The summed E-state index contributed by atoms with van der Waals surface area (Å²) < 4.78 is 0. The van der Waals surface area contributed by atoms with Crippen LogP contribution in [0.2, 0.25) is 0 Å². The van der Waals surface area contributed by atoms with Gasteiger partial charge in [0, 0.05) is 32.7 Å². The first-order chi connectivity index (χ1) is 10.6. The van der Waals surface area contributed by atoms with Gasteiger partial charge >= 0.3 is 0 Å². The number of terminal acetylenes is 1. The van der Waals surface area contributed by atoms with Crippen molar-refractivity contribution >= 4 is 5.91 Å². The molecule has 0 aromatic rings. The van der Waals surface area contributed by atoms with Crippen molar-refractivity contribution in [3.05, 3.63) is 0 Å². The Labute approximate surface area is 134 Å². The third-order valence-corrected chi connectivity index (χ3v) is 4.86. The van der Waals surface area contributed by atoms with E-state index in [9.17, 15) is 9.90 Å². The van der Waals surface area contributed by atoms with E-state index in [0.29, 0.717) is 19.0 Å². The van der Waals surface area contributed by atoms with Gasteiger partial charge in [0.2, 0.25) is 5.91 Å². The monoisotopic (exact) mass is 307 g/mol. The van der Waals surface area contributed by atoms with Crippen molar-refractivity contribution in [2.45, 2.75) is 31.8 Å². The molecule has 2 fully saturated rings. The van der Waals surface area contributed by atoms with E-state index in [-0.39, 0.29) is 12.0 Å². The third kappa shape index (κ3) is 4.98. The topological polar surface area (TPSA) is 47.0 Å². The summed E-state index contributed by atoms with van der Waals surface area (Å²) in [5.74, 6) is 3.16. The van der Waals surface area contributed by atoms with Crippen LogP contribution < -0.4 is 0 Å². The van der Waals surface area contributed by atoms with Crippen LogP contribution in [0.4, 0.5) is 0 Å². The highest BCUT2D eigenvalue weighted by Gasteiger charge is 2.26. The molecule has 0 aromatic carbocycles. The number of hydrogen-bond acceptors (Lipinski definition) is 4. The first-order valence-electron chi connectivity index (χ1n) is 8.40. The van der Waals surface area contributed by atoms with Gasteiger partial charge in [0.1, 0.15) is 0 Å². The van der Waals surface area contributed by atoms with Crippen LogP contribution in [0.1, 0.15) is 25.7 Å². The second kappa shape index (κ2) is 8.52. The molecule has 5 heteroatoms. The number of amides is 1. The third-order valence-electron chi connectivity index (χ3n) is 4.86. The van der Waals surface area contributed by atoms with E-state index in [1.807, 2.05) is 11.9 Å². The summed E-state index contributed by atoms with van der Waals surface area (Å²) in [5.41, 5.74) is 0. The number of carbonyl (C=O) groups is 1. The van der Waals surface area contributed by atoms with Crippen molar-refractivity contribution < 1.29 is 9.90 Å².